The molecule has 0 aromatic carbocycles. The molecule has 1 aromatic rings. The van der Waals surface area contributed by atoms with Gasteiger partial charge in [0, 0.05) is 11.0 Å². The third-order valence-corrected chi connectivity index (χ3v) is 2.99. The smallest absolute Gasteiger partial charge is 0.328 e. The minimum atomic E-state index is -1.29. The van der Waals surface area contributed by atoms with Crippen LogP contribution in [0.5, 0.6) is 0 Å². The average Bonchev–Trinajstić information content (AvgIpc) is 2.68. The molecule has 1 aromatic heterocycles. The zero-order chi connectivity index (χ0) is 12.8. The first-order valence-corrected chi connectivity index (χ1v) is 5.80. The van der Waals surface area contributed by atoms with Gasteiger partial charge < -0.3 is 15.5 Å². The number of amides is 1. The number of thiophene rings is 1. The second-order valence-electron chi connectivity index (χ2n) is 3.06. The van der Waals surface area contributed by atoms with E-state index in [0.717, 1.165) is 4.88 Å². The van der Waals surface area contributed by atoms with Crippen LogP contribution in [0.3, 0.4) is 0 Å². The van der Waals surface area contributed by atoms with Gasteiger partial charge in [0.2, 0.25) is 5.91 Å². The fraction of sp³-hybridized carbons (Fsp3) is 0.200. The van der Waals surface area contributed by atoms with Crippen LogP contribution in [-0.2, 0) is 9.59 Å². The van der Waals surface area contributed by atoms with E-state index in [0.29, 0.717) is 4.34 Å². The zero-order valence-electron chi connectivity index (χ0n) is 8.59. The molecule has 1 heterocycles. The Hall–Kier alpha value is -1.37. The third-order valence-electron chi connectivity index (χ3n) is 1.79. The standard InChI is InChI=1S/C10H10ClNO4S/c11-8-3-1-6(17-8)2-4-9(14)12-7(5-13)10(15)16/h1-4,7,13H,5H2,(H,12,14)(H,15,16)/b4-2+/t7-/m1/s1. The third kappa shape index (κ3) is 4.56. The molecule has 1 rings (SSSR count). The van der Waals surface area contributed by atoms with Crippen LogP contribution in [0.4, 0.5) is 0 Å². The summed E-state index contributed by atoms with van der Waals surface area (Å²) in [4.78, 5) is 22.6. The fourth-order valence-electron chi connectivity index (χ4n) is 0.981. The highest BCUT2D eigenvalue weighted by Crippen LogP contribution is 2.22. The van der Waals surface area contributed by atoms with Crippen molar-refractivity contribution in [2.45, 2.75) is 6.04 Å². The van der Waals surface area contributed by atoms with E-state index in [-0.39, 0.29) is 0 Å². The molecule has 1 atom stereocenters. The molecule has 0 unspecified atom stereocenters. The summed E-state index contributed by atoms with van der Waals surface area (Å²) in [5, 5.41) is 19.4. The largest absolute Gasteiger partial charge is 0.480 e. The highest BCUT2D eigenvalue weighted by Gasteiger charge is 2.16. The number of carboxylic acid groups (broad SMARTS) is 1. The van der Waals surface area contributed by atoms with Crippen LogP contribution in [0, 0.1) is 0 Å². The Morgan fingerprint density at radius 1 is 1.53 bits per heavy atom. The lowest BCUT2D eigenvalue weighted by molar-refractivity contribution is -0.142. The number of carbonyl (C=O) groups excluding carboxylic acids is 1. The van der Waals surface area contributed by atoms with E-state index in [1.165, 1.54) is 23.5 Å². The minimum absolute atomic E-state index is 0.587. The van der Waals surface area contributed by atoms with E-state index >= 15 is 0 Å². The van der Waals surface area contributed by atoms with Gasteiger partial charge >= 0.3 is 5.97 Å². The number of aliphatic hydroxyl groups excluding tert-OH is 1. The number of halogens is 1. The molecule has 3 N–H and O–H groups in total. The van der Waals surface area contributed by atoms with Crippen LogP contribution in [0.2, 0.25) is 4.34 Å². The van der Waals surface area contributed by atoms with Crippen molar-refractivity contribution in [3.63, 3.8) is 0 Å². The quantitative estimate of drug-likeness (QED) is 0.699. The summed E-state index contributed by atoms with van der Waals surface area (Å²) in [6.45, 7) is -0.653. The number of nitrogens with one attached hydrogen (secondary N) is 1. The first-order chi connectivity index (χ1) is 8.02. The summed E-state index contributed by atoms with van der Waals surface area (Å²) in [6, 6.07) is 2.13. The molecule has 0 aliphatic rings. The van der Waals surface area contributed by atoms with Gasteiger partial charge in [0.25, 0.3) is 0 Å². The molecule has 1 amide bonds. The lowest BCUT2D eigenvalue weighted by Crippen LogP contribution is -2.42. The van der Waals surface area contributed by atoms with Gasteiger partial charge in [0.15, 0.2) is 6.04 Å². The summed E-state index contributed by atoms with van der Waals surface area (Å²) in [5.74, 6) is -1.87. The van der Waals surface area contributed by atoms with Gasteiger partial charge in [-0.2, -0.15) is 0 Å². The number of aliphatic hydroxyl groups is 1. The second kappa shape index (κ2) is 6.39. The maximum Gasteiger partial charge on any atom is 0.328 e. The Labute approximate surface area is 106 Å². The Morgan fingerprint density at radius 2 is 2.24 bits per heavy atom. The molecule has 0 spiro atoms. The Morgan fingerprint density at radius 3 is 2.71 bits per heavy atom. The number of hydrogen-bond donors (Lipinski definition) is 3. The van der Waals surface area contributed by atoms with Crippen LogP contribution in [0.25, 0.3) is 6.08 Å². The number of hydrogen-bond acceptors (Lipinski definition) is 4. The van der Waals surface area contributed by atoms with Crippen molar-refractivity contribution in [2.75, 3.05) is 6.61 Å². The highest BCUT2D eigenvalue weighted by atomic mass is 35.5. The first-order valence-electron chi connectivity index (χ1n) is 4.60. The van der Waals surface area contributed by atoms with Gasteiger partial charge in [-0.05, 0) is 18.2 Å². The van der Waals surface area contributed by atoms with Gasteiger partial charge in [0.1, 0.15) is 0 Å². The van der Waals surface area contributed by atoms with Crippen molar-refractivity contribution in [1.82, 2.24) is 5.32 Å². The molecule has 0 bridgehead atoms. The summed E-state index contributed by atoms with van der Waals surface area (Å²) in [5.41, 5.74) is 0. The molecule has 0 fully saturated rings. The van der Waals surface area contributed by atoms with E-state index in [1.807, 2.05) is 0 Å². The molecule has 0 saturated heterocycles. The summed E-state index contributed by atoms with van der Waals surface area (Å²) in [7, 11) is 0. The molecule has 0 aliphatic carbocycles. The number of aliphatic carboxylic acids is 1. The monoisotopic (exact) mass is 275 g/mol. The van der Waals surface area contributed by atoms with Gasteiger partial charge in [-0.15, -0.1) is 11.3 Å². The summed E-state index contributed by atoms with van der Waals surface area (Å²) >= 11 is 6.99. The highest BCUT2D eigenvalue weighted by molar-refractivity contribution is 7.17. The van der Waals surface area contributed by atoms with E-state index in [4.69, 9.17) is 21.8 Å². The topological polar surface area (TPSA) is 86.6 Å². The Balaban J connectivity index is 2.54. The van der Waals surface area contributed by atoms with E-state index < -0.39 is 24.5 Å². The molecule has 17 heavy (non-hydrogen) atoms. The molecular weight excluding hydrogens is 266 g/mol. The van der Waals surface area contributed by atoms with Crippen molar-refractivity contribution in [3.8, 4) is 0 Å². The Kier molecular flexibility index (Phi) is 5.14. The summed E-state index contributed by atoms with van der Waals surface area (Å²) in [6.07, 6.45) is 2.70. The molecule has 0 saturated carbocycles. The predicted octanol–water partition coefficient (Wildman–Crippen LogP) is 0.976. The van der Waals surface area contributed by atoms with E-state index in [2.05, 4.69) is 5.32 Å². The van der Waals surface area contributed by atoms with Crippen LogP contribution in [-0.4, -0.2) is 34.7 Å². The molecule has 0 aliphatic heterocycles. The second-order valence-corrected chi connectivity index (χ2v) is 4.80. The fourth-order valence-corrected chi connectivity index (χ4v) is 1.94. The van der Waals surface area contributed by atoms with Crippen molar-refractivity contribution < 1.29 is 19.8 Å². The van der Waals surface area contributed by atoms with Crippen molar-refractivity contribution in [3.05, 3.63) is 27.4 Å². The van der Waals surface area contributed by atoms with Crippen LogP contribution in [0.15, 0.2) is 18.2 Å². The zero-order valence-corrected chi connectivity index (χ0v) is 10.2. The van der Waals surface area contributed by atoms with Crippen molar-refractivity contribution >= 4 is 40.9 Å². The first kappa shape index (κ1) is 13.7. The van der Waals surface area contributed by atoms with Gasteiger partial charge in [-0.1, -0.05) is 11.6 Å². The van der Waals surface area contributed by atoms with Gasteiger partial charge in [-0.25, -0.2) is 4.79 Å². The number of carbonyl (C=O) groups is 2. The number of rotatable bonds is 5. The summed E-state index contributed by atoms with van der Waals surface area (Å²) < 4.78 is 0.601. The predicted molar refractivity (Wildman–Crippen MR) is 65.0 cm³/mol. The molecule has 0 radical (unpaired) electrons. The Bertz CT molecular complexity index is 443. The van der Waals surface area contributed by atoms with Crippen LogP contribution in [0.1, 0.15) is 4.88 Å². The van der Waals surface area contributed by atoms with Gasteiger partial charge in [0.05, 0.1) is 10.9 Å². The minimum Gasteiger partial charge on any atom is -0.480 e. The lowest BCUT2D eigenvalue weighted by Gasteiger charge is -2.08. The average molecular weight is 276 g/mol. The van der Waals surface area contributed by atoms with Crippen LogP contribution < -0.4 is 5.32 Å². The molecular formula is C10H10ClNO4S. The SMILES string of the molecule is O=C(/C=C/c1ccc(Cl)s1)N[C@H](CO)C(=O)O. The molecule has 5 nitrogen and oxygen atoms in total. The van der Waals surface area contributed by atoms with E-state index in [9.17, 15) is 9.59 Å². The van der Waals surface area contributed by atoms with Crippen molar-refractivity contribution in [2.24, 2.45) is 0 Å². The lowest BCUT2D eigenvalue weighted by atomic mass is 10.3. The molecule has 7 heteroatoms. The van der Waals surface area contributed by atoms with E-state index in [1.54, 1.807) is 12.1 Å². The molecule has 92 valence electrons. The maximum atomic E-state index is 11.3. The normalized spacial score (nSPS) is 12.6. The number of carboxylic acids is 1. The van der Waals surface area contributed by atoms with Crippen LogP contribution >= 0.6 is 22.9 Å². The van der Waals surface area contributed by atoms with Gasteiger partial charge in [-0.3, -0.25) is 4.79 Å². The van der Waals surface area contributed by atoms with Crippen molar-refractivity contribution in [1.29, 1.82) is 0 Å². The maximum absolute atomic E-state index is 11.3.